The van der Waals surface area contributed by atoms with Crippen LogP contribution in [0.2, 0.25) is 0 Å². The van der Waals surface area contributed by atoms with Crippen LogP contribution in [-0.2, 0) is 14.3 Å². The second-order valence-electron chi connectivity index (χ2n) is 5.87. The van der Waals surface area contributed by atoms with Crippen LogP contribution in [0.1, 0.15) is 71.6 Å². The second-order valence-corrected chi connectivity index (χ2v) is 5.87. The van der Waals surface area contributed by atoms with Crippen molar-refractivity contribution in [3.8, 4) is 0 Å². The van der Waals surface area contributed by atoms with Crippen LogP contribution in [-0.4, -0.2) is 24.8 Å². The maximum atomic E-state index is 11.4. The number of hydrogen-bond acceptors (Lipinski definition) is 3. The van der Waals surface area contributed by atoms with E-state index in [0.29, 0.717) is 11.7 Å². The Kier molecular flexibility index (Phi) is 8.59. The summed E-state index contributed by atoms with van der Waals surface area (Å²) in [6.45, 7) is 8.41. The first-order chi connectivity index (χ1) is 9.63. The van der Waals surface area contributed by atoms with Gasteiger partial charge < -0.3 is 9.47 Å². The molecule has 0 N–H and O–H groups in total. The number of rotatable bonds is 9. The van der Waals surface area contributed by atoms with Crippen LogP contribution in [0.5, 0.6) is 0 Å². The average Bonchev–Trinajstić information content (AvgIpc) is 2.44. The fourth-order valence-corrected chi connectivity index (χ4v) is 2.52. The Hall–Kier alpha value is -0.830. The van der Waals surface area contributed by atoms with Crippen molar-refractivity contribution in [1.82, 2.24) is 0 Å². The number of hydrogen-bond donors (Lipinski definition) is 0. The van der Waals surface area contributed by atoms with Crippen molar-refractivity contribution in [2.45, 2.75) is 83.8 Å². The summed E-state index contributed by atoms with van der Waals surface area (Å²) < 4.78 is 11.3. The van der Waals surface area contributed by atoms with Gasteiger partial charge in [0, 0.05) is 12.2 Å². The predicted molar refractivity (Wildman–Crippen MR) is 81.7 cm³/mol. The van der Waals surface area contributed by atoms with Crippen LogP contribution in [0.25, 0.3) is 0 Å². The number of ether oxygens (including phenoxy) is 2. The quantitative estimate of drug-likeness (QED) is 0.357. The van der Waals surface area contributed by atoms with Crippen molar-refractivity contribution in [3.63, 3.8) is 0 Å². The lowest BCUT2D eigenvalue weighted by atomic mass is 9.95. The zero-order valence-electron chi connectivity index (χ0n) is 13.2. The molecule has 1 rings (SSSR count). The van der Waals surface area contributed by atoms with Crippen molar-refractivity contribution in [2.75, 3.05) is 6.61 Å². The standard InChI is InChI=1S/C17H30O3/c1-4-5-6-7-8-13-19-15-9-11-16(12-10-15)20-17(18)14(2)3/h15-16H,2,4-13H2,1,3H3. The van der Waals surface area contributed by atoms with E-state index >= 15 is 0 Å². The third kappa shape index (κ3) is 7.09. The Balaban J connectivity index is 2.04. The van der Waals surface area contributed by atoms with Gasteiger partial charge in [-0.25, -0.2) is 4.79 Å². The fourth-order valence-electron chi connectivity index (χ4n) is 2.52. The summed E-state index contributed by atoms with van der Waals surface area (Å²) in [6, 6.07) is 0. The molecule has 0 saturated heterocycles. The molecular formula is C17H30O3. The fraction of sp³-hybridized carbons (Fsp3) is 0.824. The molecule has 0 unspecified atom stereocenters. The molecule has 116 valence electrons. The van der Waals surface area contributed by atoms with Crippen LogP contribution < -0.4 is 0 Å². The van der Waals surface area contributed by atoms with Gasteiger partial charge in [-0.15, -0.1) is 0 Å². The Morgan fingerprint density at radius 2 is 1.65 bits per heavy atom. The summed E-state index contributed by atoms with van der Waals surface area (Å²) in [7, 11) is 0. The van der Waals surface area contributed by atoms with Crippen molar-refractivity contribution in [2.24, 2.45) is 0 Å². The van der Waals surface area contributed by atoms with E-state index in [9.17, 15) is 4.79 Å². The minimum atomic E-state index is -0.259. The molecule has 1 saturated carbocycles. The van der Waals surface area contributed by atoms with Gasteiger partial charge >= 0.3 is 5.97 Å². The van der Waals surface area contributed by atoms with E-state index in [0.717, 1.165) is 32.3 Å². The number of unbranched alkanes of at least 4 members (excludes halogenated alkanes) is 4. The largest absolute Gasteiger partial charge is 0.459 e. The second kappa shape index (κ2) is 9.98. The highest BCUT2D eigenvalue weighted by molar-refractivity contribution is 5.87. The van der Waals surface area contributed by atoms with Gasteiger partial charge in [-0.1, -0.05) is 39.2 Å². The molecule has 0 aromatic carbocycles. The van der Waals surface area contributed by atoms with Crippen LogP contribution in [0.3, 0.4) is 0 Å². The molecule has 0 aromatic rings. The SMILES string of the molecule is C=C(C)C(=O)OC1CCC(OCCCCCCC)CC1. The molecule has 3 heteroatoms. The van der Waals surface area contributed by atoms with E-state index in [-0.39, 0.29) is 12.1 Å². The molecule has 0 aromatic heterocycles. The maximum absolute atomic E-state index is 11.4. The molecule has 0 amide bonds. The summed E-state index contributed by atoms with van der Waals surface area (Å²) >= 11 is 0. The summed E-state index contributed by atoms with van der Waals surface area (Å²) in [4.78, 5) is 11.4. The van der Waals surface area contributed by atoms with Crippen molar-refractivity contribution in [3.05, 3.63) is 12.2 Å². The van der Waals surface area contributed by atoms with E-state index < -0.39 is 0 Å². The van der Waals surface area contributed by atoms with Gasteiger partial charge in [0.15, 0.2) is 0 Å². The lowest BCUT2D eigenvalue weighted by Gasteiger charge is -2.28. The van der Waals surface area contributed by atoms with E-state index in [1.165, 1.54) is 32.1 Å². The average molecular weight is 282 g/mol. The van der Waals surface area contributed by atoms with Gasteiger partial charge in [0.2, 0.25) is 0 Å². The minimum Gasteiger partial charge on any atom is -0.459 e. The first-order valence-corrected chi connectivity index (χ1v) is 8.11. The molecule has 1 fully saturated rings. The van der Waals surface area contributed by atoms with Crippen molar-refractivity contribution < 1.29 is 14.3 Å². The van der Waals surface area contributed by atoms with Gasteiger partial charge in [-0.2, -0.15) is 0 Å². The number of esters is 1. The smallest absolute Gasteiger partial charge is 0.333 e. The number of carbonyl (C=O) groups excluding carboxylic acids is 1. The molecule has 0 atom stereocenters. The van der Waals surface area contributed by atoms with Crippen LogP contribution in [0.15, 0.2) is 12.2 Å². The lowest BCUT2D eigenvalue weighted by molar-refractivity contribution is -0.147. The topological polar surface area (TPSA) is 35.5 Å². The first kappa shape index (κ1) is 17.2. The van der Waals surface area contributed by atoms with E-state index in [2.05, 4.69) is 13.5 Å². The molecular weight excluding hydrogens is 252 g/mol. The van der Waals surface area contributed by atoms with Crippen molar-refractivity contribution >= 4 is 5.97 Å². The first-order valence-electron chi connectivity index (χ1n) is 8.11. The highest BCUT2D eigenvalue weighted by atomic mass is 16.5. The maximum Gasteiger partial charge on any atom is 0.333 e. The zero-order chi connectivity index (χ0) is 14.8. The molecule has 20 heavy (non-hydrogen) atoms. The Morgan fingerprint density at radius 3 is 2.25 bits per heavy atom. The van der Waals surface area contributed by atoms with Gasteiger partial charge in [0.05, 0.1) is 6.10 Å². The van der Waals surface area contributed by atoms with Crippen molar-refractivity contribution in [1.29, 1.82) is 0 Å². The Bertz CT molecular complexity index is 291. The molecule has 0 heterocycles. The highest BCUT2D eigenvalue weighted by Crippen LogP contribution is 2.24. The molecule has 0 spiro atoms. The normalized spacial score (nSPS) is 22.5. The van der Waals surface area contributed by atoms with Gasteiger partial charge in [0.1, 0.15) is 6.10 Å². The third-order valence-electron chi connectivity index (χ3n) is 3.84. The van der Waals surface area contributed by atoms with E-state index in [4.69, 9.17) is 9.47 Å². The van der Waals surface area contributed by atoms with Crippen LogP contribution in [0, 0.1) is 0 Å². The molecule has 1 aliphatic carbocycles. The zero-order valence-corrected chi connectivity index (χ0v) is 13.2. The summed E-state index contributed by atoms with van der Waals surface area (Å²) in [5.41, 5.74) is 0.482. The van der Waals surface area contributed by atoms with Crippen LogP contribution >= 0.6 is 0 Å². The van der Waals surface area contributed by atoms with Gasteiger partial charge in [-0.05, 0) is 39.0 Å². The summed E-state index contributed by atoms with van der Waals surface area (Å²) in [5.74, 6) is -0.259. The Labute approximate surface area is 123 Å². The minimum absolute atomic E-state index is 0.0589. The number of carbonyl (C=O) groups is 1. The molecule has 3 nitrogen and oxygen atoms in total. The molecule has 0 radical (unpaired) electrons. The molecule has 1 aliphatic rings. The molecule has 0 bridgehead atoms. The third-order valence-corrected chi connectivity index (χ3v) is 3.84. The highest BCUT2D eigenvalue weighted by Gasteiger charge is 2.24. The van der Waals surface area contributed by atoms with Gasteiger partial charge in [0.25, 0.3) is 0 Å². The van der Waals surface area contributed by atoms with E-state index in [1.54, 1.807) is 6.92 Å². The molecule has 0 aliphatic heterocycles. The monoisotopic (exact) mass is 282 g/mol. The summed E-state index contributed by atoms with van der Waals surface area (Å²) in [5, 5.41) is 0. The van der Waals surface area contributed by atoms with Gasteiger partial charge in [-0.3, -0.25) is 0 Å². The Morgan fingerprint density at radius 1 is 1.05 bits per heavy atom. The summed E-state index contributed by atoms with van der Waals surface area (Å²) in [6.07, 6.45) is 10.6. The van der Waals surface area contributed by atoms with Crippen LogP contribution in [0.4, 0.5) is 0 Å². The van der Waals surface area contributed by atoms with E-state index in [1.807, 2.05) is 0 Å². The predicted octanol–water partition coefficient (Wildman–Crippen LogP) is 4.40. The lowest BCUT2D eigenvalue weighted by Crippen LogP contribution is -2.28.